The van der Waals surface area contributed by atoms with Gasteiger partial charge in [-0.2, -0.15) is 26.3 Å². The third-order valence-corrected chi connectivity index (χ3v) is 6.83. The van der Waals surface area contributed by atoms with Crippen LogP contribution in [0.25, 0.3) is 0 Å². The van der Waals surface area contributed by atoms with E-state index in [0.717, 1.165) is 30.7 Å². The summed E-state index contributed by atoms with van der Waals surface area (Å²) in [6.45, 7) is 2.96. The average molecular weight is 588 g/mol. The molecular formula is C30H32ClF6NO2. The van der Waals surface area contributed by atoms with E-state index in [2.05, 4.69) is 31.2 Å². The number of carboxylic acid groups (broad SMARTS) is 1. The number of hydrogen-bond donors (Lipinski definition) is 1. The zero-order valence-electron chi connectivity index (χ0n) is 21.9. The Morgan fingerprint density at radius 3 is 1.80 bits per heavy atom. The number of aliphatic carboxylic acids is 1. The first-order valence-corrected chi connectivity index (χ1v) is 12.7. The van der Waals surface area contributed by atoms with Gasteiger partial charge in [0.05, 0.1) is 11.1 Å². The molecule has 10 heteroatoms. The van der Waals surface area contributed by atoms with Gasteiger partial charge >= 0.3 is 18.3 Å². The number of carboxylic acids is 1. The van der Waals surface area contributed by atoms with Crippen LogP contribution in [0.15, 0.2) is 78.9 Å². The standard InChI is InChI=1S/C22H21F6NO2.C8H10.ClH/c23-21(24,25)17-5-1-14(2-6-17)13-29-10-9-15(12-20(30)31)11-19(29)16-3-7-18(8-4-16)22(26,27)28;1-2-8-6-4-3-5-7-8;/h1-8,15,19H,9-13H2,(H,30,31);3-7H,2H2,1H3;1H. The molecule has 1 N–H and O–H groups in total. The van der Waals surface area contributed by atoms with Crippen molar-refractivity contribution in [2.45, 2.75) is 57.5 Å². The number of likely N-dealkylation sites (tertiary alicyclic amines) is 1. The Morgan fingerprint density at radius 2 is 1.35 bits per heavy atom. The van der Waals surface area contributed by atoms with Crippen molar-refractivity contribution in [2.24, 2.45) is 5.92 Å². The SMILES string of the molecule is CCc1ccccc1.Cl.O=C(O)CC1CCN(Cc2ccc(C(F)(F)F)cc2)C(c2ccc(C(F)(F)F)cc2)C1. The van der Waals surface area contributed by atoms with Crippen molar-refractivity contribution >= 4 is 18.4 Å². The van der Waals surface area contributed by atoms with Crippen molar-refractivity contribution in [1.82, 2.24) is 4.90 Å². The number of benzene rings is 3. The summed E-state index contributed by atoms with van der Waals surface area (Å²) in [7, 11) is 0. The fourth-order valence-corrected chi connectivity index (χ4v) is 4.70. The number of hydrogen-bond acceptors (Lipinski definition) is 2. The van der Waals surface area contributed by atoms with E-state index in [4.69, 9.17) is 5.11 Å². The lowest BCUT2D eigenvalue weighted by Gasteiger charge is -2.39. The summed E-state index contributed by atoms with van der Waals surface area (Å²) in [6.07, 6.45) is -6.76. The van der Waals surface area contributed by atoms with Crippen molar-refractivity contribution in [3.05, 3.63) is 107 Å². The van der Waals surface area contributed by atoms with Gasteiger partial charge in [0.1, 0.15) is 0 Å². The molecule has 0 radical (unpaired) electrons. The summed E-state index contributed by atoms with van der Waals surface area (Å²) >= 11 is 0. The minimum atomic E-state index is -4.46. The van der Waals surface area contributed by atoms with Crippen LogP contribution in [0.2, 0.25) is 0 Å². The van der Waals surface area contributed by atoms with Crippen LogP contribution in [-0.2, 0) is 30.1 Å². The number of piperidine rings is 1. The smallest absolute Gasteiger partial charge is 0.416 e. The van der Waals surface area contributed by atoms with E-state index >= 15 is 0 Å². The van der Waals surface area contributed by atoms with Crippen molar-refractivity contribution in [3.8, 4) is 0 Å². The van der Waals surface area contributed by atoms with E-state index in [9.17, 15) is 31.1 Å². The predicted molar refractivity (Wildman–Crippen MR) is 144 cm³/mol. The van der Waals surface area contributed by atoms with Gasteiger partial charge in [-0.15, -0.1) is 12.4 Å². The summed E-state index contributed by atoms with van der Waals surface area (Å²) in [5.74, 6) is -1.07. The van der Waals surface area contributed by atoms with Gasteiger partial charge in [-0.05, 0) is 72.7 Å². The molecule has 3 aromatic rings. The molecule has 1 saturated heterocycles. The maximum Gasteiger partial charge on any atom is 0.416 e. The molecule has 1 fully saturated rings. The second-order valence-corrected chi connectivity index (χ2v) is 9.63. The molecule has 1 heterocycles. The Balaban J connectivity index is 0.000000535. The third-order valence-electron chi connectivity index (χ3n) is 6.83. The largest absolute Gasteiger partial charge is 0.481 e. The predicted octanol–water partition coefficient (Wildman–Crippen LogP) is 8.82. The molecule has 0 amide bonds. The summed E-state index contributed by atoms with van der Waals surface area (Å²) in [6, 6.07) is 19.6. The van der Waals surface area contributed by atoms with Crippen molar-refractivity contribution in [3.63, 3.8) is 0 Å². The summed E-state index contributed by atoms with van der Waals surface area (Å²) in [5, 5.41) is 9.11. The van der Waals surface area contributed by atoms with E-state index in [1.807, 2.05) is 11.0 Å². The van der Waals surface area contributed by atoms with Crippen LogP contribution in [0, 0.1) is 5.92 Å². The molecule has 40 heavy (non-hydrogen) atoms. The van der Waals surface area contributed by atoms with Gasteiger partial charge in [-0.25, -0.2) is 0 Å². The monoisotopic (exact) mass is 587 g/mol. The molecule has 0 aromatic heterocycles. The fourth-order valence-electron chi connectivity index (χ4n) is 4.70. The number of halogens is 7. The first-order valence-electron chi connectivity index (χ1n) is 12.7. The quantitative estimate of drug-likeness (QED) is 0.293. The molecule has 4 rings (SSSR count). The van der Waals surface area contributed by atoms with E-state index in [1.54, 1.807) is 0 Å². The Labute approximate surface area is 236 Å². The minimum Gasteiger partial charge on any atom is -0.481 e. The van der Waals surface area contributed by atoms with E-state index in [1.165, 1.54) is 29.8 Å². The lowest BCUT2D eigenvalue weighted by atomic mass is 9.84. The van der Waals surface area contributed by atoms with Crippen LogP contribution >= 0.6 is 12.4 Å². The highest BCUT2D eigenvalue weighted by Crippen LogP contribution is 2.38. The first kappa shape index (κ1) is 33.2. The number of alkyl halides is 6. The van der Waals surface area contributed by atoms with Gasteiger partial charge < -0.3 is 5.11 Å². The molecule has 3 nitrogen and oxygen atoms in total. The van der Waals surface area contributed by atoms with Crippen LogP contribution in [0.1, 0.15) is 60.0 Å². The van der Waals surface area contributed by atoms with Gasteiger partial charge in [-0.1, -0.05) is 61.5 Å². The first-order chi connectivity index (χ1) is 18.4. The second-order valence-electron chi connectivity index (χ2n) is 9.63. The zero-order chi connectivity index (χ0) is 28.6. The van der Waals surface area contributed by atoms with Crippen molar-refractivity contribution in [1.29, 1.82) is 0 Å². The lowest BCUT2D eigenvalue weighted by Crippen LogP contribution is -2.37. The number of nitrogens with zero attached hydrogens (tertiary/aromatic N) is 1. The zero-order valence-corrected chi connectivity index (χ0v) is 22.7. The molecule has 2 unspecified atom stereocenters. The van der Waals surface area contributed by atoms with E-state index < -0.39 is 29.4 Å². The van der Waals surface area contributed by atoms with Crippen LogP contribution in [0.4, 0.5) is 26.3 Å². The normalized spacial score (nSPS) is 17.8. The molecule has 3 aromatic carbocycles. The number of aryl methyl sites for hydroxylation is 1. The minimum absolute atomic E-state index is 0. The van der Waals surface area contributed by atoms with Gasteiger partial charge in [-0.3, -0.25) is 9.69 Å². The van der Waals surface area contributed by atoms with Gasteiger partial charge in [0.2, 0.25) is 0 Å². The lowest BCUT2D eigenvalue weighted by molar-refractivity contribution is -0.139. The van der Waals surface area contributed by atoms with Gasteiger partial charge in [0.15, 0.2) is 0 Å². The highest BCUT2D eigenvalue weighted by atomic mass is 35.5. The number of carbonyl (C=O) groups is 1. The summed E-state index contributed by atoms with van der Waals surface area (Å²) < 4.78 is 77.0. The van der Waals surface area contributed by atoms with E-state index in [0.29, 0.717) is 37.1 Å². The molecule has 218 valence electrons. The molecule has 0 aliphatic carbocycles. The average Bonchev–Trinajstić information content (AvgIpc) is 2.89. The molecular weight excluding hydrogens is 556 g/mol. The van der Waals surface area contributed by atoms with Crippen LogP contribution in [-0.4, -0.2) is 22.5 Å². The summed E-state index contributed by atoms with van der Waals surface area (Å²) in [4.78, 5) is 13.1. The molecule has 0 spiro atoms. The van der Waals surface area contributed by atoms with Crippen molar-refractivity contribution in [2.75, 3.05) is 6.54 Å². The molecule has 0 bridgehead atoms. The molecule has 1 aliphatic heterocycles. The Bertz CT molecular complexity index is 1180. The van der Waals surface area contributed by atoms with Gasteiger partial charge in [0, 0.05) is 19.0 Å². The van der Waals surface area contributed by atoms with Crippen LogP contribution < -0.4 is 0 Å². The topological polar surface area (TPSA) is 40.5 Å². The molecule has 0 saturated carbocycles. The third kappa shape index (κ3) is 9.86. The Hall–Kier alpha value is -3.04. The number of rotatable bonds is 6. The second kappa shape index (κ2) is 14.6. The Kier molecular flexibility index (Phi) is 12.1. The van der Waals surface area contributed by atoms with Crippen LogP contribution in [0.3, 0.4) is 0 Å². The maximum absolute atomic E-state index is 12.9. The molecule has 2 atom stereocenters. The highest BCUT2D eigenvalue weighted by molar-refractivity contribution is 5.85. The van der Waals surface area contributed by atoms with Gasteiger partial charge in [0.25, 0.3) is 0 Å². The van der Waals surface area contributed by atoms with E-state index in [-0.39, 0.29) is 30.8 Å². The Morgan fingerprint density at radius 1 is 0.825 bits per heavy atom. The summed E-state index contributed by atoms with van der Waals surface area (Å²) in [5.41, 5.74) is 1.14. The van der Waals surface area contributed by atoms with Crippen LogP contribution in [0.5, 0.6) is 0 Å². The highest BCUT2D eigenvalue weighted by Gasteiger charge is 2.34. The maximum atomic E-state index is 12.9. The molecule has 1 aliphatic rings. The van der Waals surface area contributed by atoms with Crippen molar-refractivity contribution < 1.29 is 36.2 Å². The fraction of sp³-hybridized carbons (Fsp3) is 0.367.